The molecule has 2 heterocycles. The summed E-state index contributed by atoms with van der Waals surface area (Å²) in [6.45, 7) is 2.19. The molecule has 1 saturated heterocycles. The van der Waals surface area contributed by atoms with E-state index in [0.717, 1.165) is 18.4 Å². The molecule has 0 saturated carbocycles. The minimum absolute atomic E-state index is 0.0138. The Balaban J connectivity index is 1.70. The van der Waals surface area contributed by atoms with Crippen LogP contribution >= 0.6 is 0 Å². The number of aromatic nitrogens is 2. The standard InChI is InChI=1S/C17H19N3O4S/c1-2-25(22,23)16-10-9-14(19-20-16)12-5-7-13(8-6-12)18-17(21)15-4-3-11-24-15/h5-10,15H,2-4,11H2,1H3,(H,18,21). The van der Waals surface area contributed by atoms with E-state index in [-0.39, 0.29) is 22.8 Å². The molecular formula is C17H19N3O4S. The van der Waals surface area contributed by atoms with Gasteiger partial charge in [0.05, 0.1) is 11.4 Å². The Kier molecular flexibility index (Phi) is 5.10. The van der Waals surface area contributed by atoms with Crippen molar-refractivity contribution in [2.75, 3.05) is 17.7 Å². The first-order valence-corrected chi connectivity index (χ1v) is 9.74. The van der Waals surface area contributed by atoms with E-state index in [2.05, 4.69) is 15.5 Å². The van der Waals surface area contributed by atoms with E-state index in [4.69, 9.17) is 4.74 Å². The number of rotatable bonds is 5. The number of sulfone groups is 1. The third kappa shape index (κ3) is 4.02. The van der Waals surface area contributed by atoms with E-state index in [1.807, 2.05) is 0 Å². The van der Waals surface area contributed by atoms with Gasteiger partial charge >= 0.3 is 0 Å². The molecule has 0 radical (unpaired) electrons. The number of hydrogen-bond donors (Lipinski definition) is 1. The summed E-state index contributed by atoms with van der Waals surface area (Å²) in [4.78, 5) is 12.0. The van der Waals surface area contributed by atoms with Gasteiger partial charge in [0.15, 0.2) is 14.9 Å². The summed E-state index contributed by atoms with van der Waals surface area (Å²) >= 11 is 0. The Labute approximate surface area is 146 Å². The van der Waals surface area contributed by atoms with Crippen molar-refractivity contribution in [3.05, 3.63) is 36.4 Å². The maximum Gasteiger partial charge on any atom is 0.253 e. The lowest BCUT2D eigenvalue weighted by Gasteiger charge is -2.10. The molecule has 132 valence electrons. The van der Waals surface area contributed by atoms with Gasteiger partial charge in [-0.15, -0.1) is 10.2 Å². The van der Waals surface area contributed by atoms with E-state index < -0.39 is 9.84 Å². The van der Waals surface area contributed by atoms with Crippen LogP contribution in [0.1, 0.15) is 19.8 Å². The van der Waals surface area contributed by atoms with Gasteiger partial charge in [-0.05, 0) is 37.1 Å². The van der Waals surface area contributed by atoms with Crippen molar-refractivity contribution in [3.8, 4) is 11.3 Å². The van der Waals surface area contributed by atoms with Gasteiger partial charge in [-0.3, -0.25) is 4.79 Å². The molecule has 8 heteroatoms. The number of benzene rings is 1. The van der Waals surface area contributed by atoms with Crippen LogP contribution < -0.4 is 5.32 Å². The van der Waals surface area contributed by atoms with Gasteiger partial charge in [0.25, 0.3) is 5.91 Å². The molecule has 0 spiro atoms. The Morgan fingerprint density at radius 3 is 2.52 bits per heavy atom. The fourth-order valence-electron chi connectivity index (χ4n) is 2.52. The third-order valence-electron chi connectivity index (χ3n) is 4.01. The molecule has 1 unspecified atom stereocenters. The minimum atomic E-state index is -3.36. The predicted octanol–water partition coefficient (Wildman–Crippen LogP) is 2.05. The van der Waals surface area contributed by atoms with Crippen molar-refractivity contribution in [1.82, 2.24) is 10.2 Å². The molecule has 1 aromatic carbocycles. The number of carbonyl (C=O) groups is 1. The summed E-state index contributed by atoms with van der Waals surface area (Å²) in [6, 6.07) is 10.2. The summed E-state index contributed by atoms with van der Waals surface area (Å²) in [5.41, 5.74) is 2.01. The Morgan fingerprint density at radius 2 is 1.96 bits per heavy atom. The molecule has 1 aliphatic rings. The summed E-state index contributed by atoms with van der Waals surface area (Å²) in [7, 11) is -3.36. The van der Waals surface area contributed by atoms with Gasteiger partial charge in [0.2, 0.25) is 0 Å². The molecule has 1 amide bonds. The van der Waals surface area contributed by atoms with Crippen molar-refractivity contribution >= 4 is 21.4 Å². The van der Waals surface area contributed by atoms with Crippen LogP contribution in [0.3, 0.4) is 0 Å². The molecule has 0 bridgehead atoms. The largest absolute Gasteiger partial charge is 0.368 e. The van der Waals surface area contributed by atoms with Crippen LogP contribution in [-0.2, 0) is 19.4 Å². The fourth-order valence-corrected chi connectivity index (χ4v) is 3.26. The Hall–Kier alpha value is -2.32. The van der Waals surface area contributed by atoms with Gasteiger partial charge in [-0.2, -0.15) is 0 Å². The number of carbonyl (C=O) groups excluding carboxylic acids is 1. The molecule has 1 N–H and O–H groups in total. The average Bonchev–Trinajstić information content (AvgIpc) is 3.17. The lowest BCUT2D eigenvalue weighted by molar-refractivity contribution is -0.124. The normalized spacial score (nSPS) is 17.4. The Bertz CT molecular complexity index is 842. The quantitative estimate of drug-likeness (QED) is 0.875. The maximum atomic E-state index is 12.0. The third-order valence-corrected chi connectivity index (χ3v) is 5.62. The van der Waals surface area contributed by atoms with Gasteiger partial charge in [0, 0.05) is 17.9 Å². The summed E-state index contributed by atoms with van der Waals surface area (Å²) in [5.74, 6) is -0.153. The van der Waals surface area contributed by atoms with Crippen LogP contribution in [0, 0.1) is 0 Å². The highest BCUT2D eigenvalue weighted by Gasteiger charge is 2.23. The predicted molar refractivity (Wildman–Crippen MR) is 92.8 cm³/mol. The molecule has 7 nitrogen and oxygen atoms in total. The number of anilines is 1. The number of nitrogens with zero attached hydrogens (tertiary/aromatic N) is 2. The van der Waals surface area contributed by atoms with Crippen LogP contribution in [0.5, 0.6) is 0 Å². The Morgan fingerprint density at radius 1 is 1.20 bits per heavy atom. The second-order valence-corrected chi connectivity index (χ2v) is 7.95. The van der Waals surface area contributed by atoms with E-state index >= 15 is 0 Å². The highest BCUT2D eigenvalue weighted by Crippen LogP contribution is 2.21. The zero-order chi connectivity index (χ0) is 17.9. The first kappa shape index (κ1) is 17.5. The van der Waals surface area contributed by atoms with E-state index in [0.29, 0.717) is 18.0 Å². The zero-order valence-corrected chi connectivity index (χ0v) is 14.6. The monoisotopic (exact) mass is 361 g/mol. The molecule has 1 atom stereocenters. The van der Waals surface area contributed by atoms with Crippen molar-refractivity contribution in [2.24, 2.45) is 0 Å². The molecule has 2 aromatic rings. The highest BCUT2D eigenvalue weighted by atomic mass is 32.2. The van der Waals surface area contributed by atoms with Crippen LogP contribution in [0.4, 0.5) is 5.69 Å². The van der Waals surface area contributed by atoms with E-state index in [1.54, 1.807) is 37.3 Å². The first-order valence-electron chi connectivity index (χ1n) is 8.09. The van der Waals surface area contributed by atoms with Gasteiger partial charge in [0.1, 0.15) is 6.10 Å². The molecule has 1 aliphatic heterocycles. The van der Waals surface area contributed by atoms with Crippen molar-refractivity contribution in [2.45, 2.75) is 30.9 Å². The van der Waals surface area contributed by atoms with Crippen molar-refractivity contribution in [3.63, 3.8) is 0 Å². The topological polar surface area (TPSA) is 98.2 Å². The van der Waals surface area contributed by atoms with Gasteiger partial charge in [-0.1, -0.05) is 19.1 Å². The number of nitrogens with one attached hydrogen (secondary N) is 1. The summed E-state index contributed by atoms with van der Waals surface area (Å²) in [5, 5.41) is 10.6. The molecular weight excluding hydrogens is 342 g/mol. The highest BCUT2D eigenvalue weighted by molar-refractivity contribution is 7.91. The van der Waals surface area contributed by atoms with Crippen molar-refractivity contribution in [1.29, 1.82) is 0 Å². The van der Waals surface area contributed by atoms with Gasteiger partial charge < -0.3 is 10.1 Å². The second kappa shape index (κ2) is 7.28. The average molecular weight is 361 g/mol. The minimum Gasteiger partial charge on any atom is -0.368 e. The second-order valence-electron chi connectivity index (χ2n) is 5.73. The summed E-state index contributed by atoms with van der Waals surface area (Å²) < 4.78 is 28.9. The number of amides is 1. The number of hydrogen-bond acceptors (Lipinski definition) is 6. The van der Waals surface area contributed by atoms with E-state index in [1.165, 1.54) is 6.07 Å². The summed E-state index contributed by atoms with van der Waals surface area (Å²) in [6.07, 6.45) is 1.27. The smallest absolute Gasteiger partial charge is 0.253 e. The van der Waals surface area contributed by atoms with Gasteiger partial charge in [-0.25, -0.2) is 8.42 Å². The maximum absolute atomic E-state index is 12.0. The van der Waals surface area contributed by atoms with Crippen LogP contribution in [-0.4, -0.2) is 43.0 Å². The van der Waals surface area contributed by atoms with Crippen LogP contribution in [0.25, 0.3) is 11.3 Å². The van der Waals surface area contributed by atoms with E-state index in [9.17, 15) is 13.2 Å². The fraction of sp³-hybridized carbons (Fsp3) is 0.353. The zero-order valence-electron chi connectivity index (χ0n) is 13.8. The molecule has 25 heavy (non-hydrogen) atoms. The SMILES string of the molecule is CCS(=O)(=O)c1ccc(-c2ccc(NC(=O)C3CCCO3)cc2)nn1. The molecule has 0 aliphatic carbocycles. The number of ether oxygens (including phenoxy) is 1. The van der Waals surface area contributed by atoms with Crippen LogP contribution in [0.2, 0.25) is 0 Å². The lowest BCUT2D eigenvalue weighted by Crippen LogP contribution is -2.26. The molecule has 3 rings (SSSR count). The van der Waals surface area contributed by atoms with Crippen LogP contribution in [0.15, 0.2) is 41.4 Å². The molecule has 1 aromatic heterocycles. The van der Waals surface area contributed by atoms with Crippen molar-refractivity contribution < 1.29 is 17.9 Å². The lowest BCUT2D eigenvalue weighted by atomic mass is 10.1. The molecule has 1 fully saturated rings. The first-order chi connectivity index (χ1) is 12.0.